The monoisotopic (exact) mass is 232 g/mol. The number of nitrogens with zero attached hydrogens (tertiary/aromatic N) is 2. The van der Waals surface area contributed by atoms with Crippen LogP contribution < -0.4 is 0 Å². The molecular weight excluding hydrogens is 214 g/mol. The van der Waals surface area contributed by atoms with Gasteiger partial charge < -0.3 is 9.80 Å². The summed E-state index contributed by atoms with van der Waals surface area (Å²) in [5.74, 6) is -2.04. The van der Waals surface area contributed by atoms with Crippen molar-refractivity contribution in [3.05, 3.63) is 0 Å². The van der Waals surface area contributed by atoms with E-state index in [9.17, 15) is 13.6 Å². The van der Waals surface area contributed by atoms with E-state index in [1.165, 1.54) is 4.90 Å². The number of urea groups is 1. The van der Waals surface area contributed by atoms with Gasteiger partial charge in [-0.3, -0.25) is 0 Å². The average molecular weight is 232 g/mol. The van der Waals surface area contributed by atoms with Crippen molar-refractivity contribution in [1.82, 2.24) is 9.80 Å². The number of hydrogen-bond donors (Lipinski definition) is 0. The average Bonchev–Trinajstić information content (AvgIpc) is 2.59. The highest BCUT2D eigenvalue weighted by Crippen LogP contribution is 2.28. The second-order valence-corrected chi connectivity index (χ2v) is 4.98. The normalized spacial score (nSPS) is 26.2. The van der Waals surface area contributed by atoms with Gasteiger partial charge in [-0.1, -0.05) is 6.92 Å². The van der Waals surface area contributed by atoms with Gasteiger partial charge in [0, 0.05) is 26.1 Å². The minimum absolute atomic E-state index is 0.191. The number of alkyl halides is 2. The van der Waals surface area contributed by atoms with Gasteiger partial charge in [0.25, 0.3) is 5.92 Å². The van der Waals surface area contributed by atoms with Crippen LogP contribution in [0.2, 0.25) is 0 Å². The molecule has 0 aliphatic carbocycles. The van der Waals surface area contributed by atoms with Crippen LogP contribution in [-0.4, -0.2) is 47.9 Å². The molecule has 2 aliphatic heterocycles. The number of carbonyl (C=O) groups is 1. The van der Waals surface area contributed by atoms with E-state index < -0.39 is 12.5 Å². The Balaban J connectivity index is 1.89. The van der Waals surface area contributed by atoms with E-state index in [1.54, 1.807) is 4.90 Å². The van der Waals surface area contributed by atoms with Crippen LogP contribution in [-0.2, 0) is 0 Å². The fourth-order valence-electron chi connectivity index (χ4n) is 2.30. The predicted octanol–water partition coefficient (Wildman–Crippen LogP) is 2.18. The van der Waals surface area contributed by atoms with Crippen molar-refractivity contribution in [3.63, 3.8) is 0 Å². The van der Waals surface area contributed by atoms with Gasteiger partial charge in [-0.25, -0.2) is 13.6 Å². The van der Waals surface area contributed by atoms with Crippen LogP contribution >= 0.6 is 0 Å². The van der Waals surface area contributed by atoms with Crippen molar-refractivity contribution in [2.75, 3.05) is 26.2 Å². The van der Waals surface area contributed by atoms with Crippen LogP contribution in [0.5, 0.6) is 0 Å². The fourth-order valence-corrected chi connectivity index (χ4v) is 2.30. The number of likely N-dealkylation sites (tertiary alicyclic amines) is 2. The molecule has 5 heteroatoms. The third kappa shape index (κ3) is 2.44. The summed E-state index contributed by atoms with van der Waals surface area (Å²) in [6.45, 7) is 3.37. The van der Waals surface area contributed by atoms with Crippen LogP contribution in [0.1, 0.15) is 26.2 Å². The van der Waals surface area contributed by atoms with Crippen molar-refractivity contribution >= 4 is 6.03 Å². The Hall–Kier alpha value is -0.870. The first kappa shape index (κ1) is 11.6. The van der Waals surface area contributed by atoms with E-state index >= 15 is 0 Å². The van der Waals surface area contributed by atoms with Gasteiger partial charge in [-0.05, 0) is 18.8 Å². The second kappa shape index (κ2) is 4.18. The molecule has 2 amide bonds. The highest BCUT2D eigenvalue weighted by atomic mass is 19.3. The zero-order valence-electron chi connectivity index (χ0n) is 9.59. The lowest BCUT2D eigenvalue weighted by atomic mass is 10.00. The molecule has 0 spiro atoms. The molecular formula is C11H18F2N2O. The van der Waals surface area contributed by atoms with Crippen molar-refractivity contribution in [2.24, 2.45) is 5.92 Å². The summed E-state index contributed by atoms with van der Waals surface area (Å²) >= 11 is 0. The summed E-state index contributed by atoms with van der Waals surface area (Å²) in [6, 6.07) is -0.205. The molecule has 3 nitrogen and oxygen atoms in total. The fraction of sp³-hybridized carbons (Fsp3) is 0.909. The van der Waals surface area contributed by atoms with Gasteiger partial charge in [-0.15, -0.1) is 0 Å². The molecule has 16 heavy (non-hydrogen) atoms. The molecule has 92 valence electrons. The lowest BCUT2D eigenvalue weighted by Crippen LogP contribution is -2.46. The van der Waals surface area contributed by atoms with E-state index in [1.807, 2.05) is 0 Å². The first-order valence-corrected chi connectivity index (χ1v) is 5.90. The van der Waals surface area contributed by atoms with Crippen LogP contribution in [0.25, 0.3) is 0 Å². The number of amides is 2. The molecule has 0 unspecified atom stereocenters. The first-order valence-electron chi connectivity index (χ1n) is 5.90. The van der Waals surface area contributed by atoms with Crippen molar-refractivity contribution in [2.45, 2.75) is 32.1 Å². The summed E-state index contributed by atoms with van der Waals surface area (Å²) < 4.78 is 25.9. The molecule has 0 bridgehead atoms. The zero-order valence-corrected chi connectivity index (χ0v) is 9.59. The van der Waals surface area contributed by atoms with Gasteiger partial charge in [0.1, 0.15) is 0 Å². The van der Waals surface area contributed by atoms with E-state index in [-0.39, 0.29) is 19.0 Å². The predicted molar refractivity (Wildman–Crippen MR) is 56.5 cm³/mol. The van der Waals surface area contributed by atoms with Gasteiger partial charge in [0.05, 0.1) is 6.54 Å². The molecule has 0 aromatic heterocycles. The van der Waals surface area contributed by atoms with Crippen molar-refractivity contribution in [1.29, 1.82) is 0 Å². The Labute approximate surface area is 94.4 Å². The molecule has 2 rings (SSSR count). The van der Waals surface area contributed by atoms with E-state index in [0.29, 0.717) is 19.0 Å². The Bertz CT molecular complexity index is 275. The quantitative estimate of drug-likeness (QED) is 0.628. The summed E-state index contributed by atoms with van der Waals surface area (Å²) in [5.41, 5.74) is 0. The molecule has 0 saturated carbocycles. The lowest BCUT2D eigenvalue weighted by Gasteiger charge is -2.33. The van der Waals surface area contributed by atoms with E-state index in [4.69, 9.17) is 0 Å². The van der Waals surface area contributed by atoms with Gasteiger partial charge in [0.2, 0.25) is 0 Å². The molecule has 2 heterocycles. The minimum atomic E-state index is -2.68. The maximum absolute atomic E-state index is 13.0. The topological polar surface area (TPSA) is 23.6 Å². The Kier molecular flexibility index (Phi) is 3.04. The van der Waals surface area contributed by atoms with Crippen LogP contribution in [0.3, 0.4) is 0 Å². The standard InChI is InChI=1S/C11H18F2N2O/c1-9-2-5-14(6-3-9)10(16)15-7-4-11(12,13)8-15/h9H,2-8H2,1H3. The maximum Gasteiger partial charge on any atom is 0.320 e. The van der Waals surface area contributed by atoms with E-state index in [2.05, 4.69) is 6.92 Å². The zero-order chi connectivity index (χ0) is 11.8. The smallest absolute Gasteiger partial charge is 0.320 e. The summed E-state index contributed by atoms with van der Waals surface area (Å²) in [7, 11) is 0. The molecule has 2 saturated heterocycles. The largest absolute Gasteiger partial charge is 0.325 e. The van der Waals surface area contributed by atoms with Crippen LogP contribution in [0.4, 0.5) is 13.6 Å². The minimum Gasteiger partial charge on any atom is -0.325 e. The maximum atomic E-state index is 13.0. The molecule has 2 fully saturated rings. The van der Waals surface area contributed by atoms with Crippen molar-refractivity contribution in [3.8, 4) is 0 Å². The molecule has 2 aliphatic rings. The number of hydrogen-bond acceptors (Lipinski definition) is 1. The molecule has 0 aromatic rings. The van der Waals surface area contributed by atoms with Crippen molar-refractivity contribution < 1.29 is 13.6 Å². The number of halogens is 2. The second-order valence-electron chi connectivity index (χ2n) is 4.98. The van der Waals surface area contributed by atoms with Gasteiger partial charge in [-0.2, -0.15) is 0 Å². The lowest BCUT2D eigenvalue weighted by molar-refractivity contribution is 0.0134. The summed E-state index contributed by atoms with van der Waals surface area (Å²) in [4.78, 5) is 14.9. The molecule has 0 N–H and O–H groups in total. The summed E-state index contributed by atoms with van der Waals surface area (Å²) in [6.07, 6.45) is 1.77. The first-order chi connectivity index (χ1) is 7.48. The molecule has 0 aromatic carbocycles. The SMILES string of the molecule is CC1CCN(C(=O)N2CCC(F)(F)C2)CC1. The Morgan fingerprint density at radius 1 is 1.19 bits per heavy atom. The Morgan fingerprint density at radius 3 is 2.31 bits per heavy atom. The highest BCUT2D eigenvalue weighted by molar-refractivity contribution is 5.75. The van der Waals surface area contributed by atoms with Crippen LogP contribution in [0, 0.1) is 5.92 Å². The highest BCUT2D eigenvalue weighted by Gasteiger charge is 2.41. The third-order valence-electron chi connectivity index (χ3n) is 3.49. The number of rotatable bonds is 0. The number of piperidine rings is 1. The third-order valence-corrected chi connectivity index (χ3v) is 3.49. The summed E-state index contributed by atoms with van der Waals surface area (Å²) in [5, 5.41) is 0. The molecule has 0 atom stereocenters. The van der Waals surface area contributed by atoms with E-state index in [0.717, 1.165) is 12.8 Å². The van der Waals surface area contributed by atoms with Crippen LogP contribution in [0.15, 0.2) is 0 Å². The molecule has 0 radical (unpaired) electrons. The number of carbonyl (C=O) groups excluding carboxylic acids is 1. The van der Waals surface area contributed by atoms with Gasteiger partial charge >= 0.3 is 6.03 Å². The Morgan fingerprint density at radius 2 is 1.81 bits per heavy atom. The van der Waals surface area contributed by atoms with Gasteiger partial charge in [0.15, 0.2) is 0 Å².